The number of aryl methyl sites for hydroxylation is 3. The van der Waals surface area contributed by atoms with E-state index in [-0.39, 0.29) is 30.5 Å². The average molecular weight is 578 g/mol. The largest absolute Gasteiger partial charge is 0.459 e. The smallest absolute Gasteiger partial charge is 0.225 e. The minimum Gasteiger partial charge on any atom is -0.459 e. The van der Waals surface area contributed by atoms with Crippen LogP contribution in [0.3, 0.4) is 0 Å². The molecule has 1 aliphatic rings. The second-order valence-electron chi connectivity index (χ2n) is 11.9. The molecule has 2 aromatic heterocycles. The third-order valence-electron chi connectivity index (χ3n) is 8.32. The third kappa shape index (κ3) is 5.81. The van der Waals surface area contributed by atoms with Crippen LogP contribution in [0.15, 0.2) is 81.7 Å². The number of rotatable bonds is 9. The van der Waals surface area contributed by atoms with E-state index >= 15 is 0 Å². The van der Waals surface area contributed by atoms with Gasteiger partial charge in [0.1, 0.15) is 17.1 Å². The van der Waals surface area contributed by atoms with Gasteiger partial charge < -0.3 is 24.9 Å². The predicted octanol–water partition coefficient (Wildman–Crippen LogP) is 5.59. The number of furan rings is 1. The molecule has 43 heavy (non-hydrogen) atoms. The molecule has 0 radical (unpaired) electrons. The number of likely N-dealkylation sites (tertiary alicyclic amines) is 1. The Hall–Kier alpha value is -4.40. The fraction of sp³-hybridized carbons (Fsp3) is 0.314. The summed E-state index contributed by atoms with van der Waals surface area (Å²) in [5.74, 6) is 1.54. The lowest BCUT2D eigenvalue weighted by Gasteiger charge is -2.41. The maximum absolute atomic E-state index is 13.6. The molecule has 5 aromatic rings. The van der Waals surface area contributed by atoms with E-state index in [0.29, 0.717) is 0 Å². The summed E-state index contributed by atoms with van der Waals surface area (Å²) in [7, 11) is 4.06. The van der Waals surface area contributed by atoms with Crippen LogP contribution >= 0.6 is 0 Å². The molecule has 222 valence electrons. The van der Waals surface area contributed by atoms with Crippen molar-refractivity contribution in [1.29, 1.82) is 0 Å². The number of amides is 1. The topological polar surface area (TPSA) is 101 Å². The summed E-state index contributed by atoms with van der Waals surface area (Å²) in [6.45, 7) is 7.52. The summed E-state index contributed by atoms with van der Waals surface area (Å²) in [5.41, 5.74) is 14.0. The Morgan fingerprint density at radius 3 is 2.49 bits per heavy atom. The van der Waals surface area contributed by atoms with Crippen molar-refractivity contribution in [1.82, 2.24) is 15.4 Å². The Kier molecular flexibility index (Phi) is 7.81. The van der Waals surface area contributed by atoms with Gasteiger partial charge in [0.25, 0.3) is 0 Å². The fourth-order valence-corrected chi connectivity index (χ4v) is 6.17. The first-order chi connectivity index (χ1) is 20.7. The monoisotopic (exact) mass is 577 g/mol. The first kappa shape index (κ1) is 28.7. The van der Waals surface area contributed by atoms with Crippen molar-refractivity contribution in [3.05, 3.63) is 118 Å². The van der Waals surface area contributed by atoms with Gasteiger partial charge >= 0.3 is 0 Å². The number of hydrogen-bond donors (Lipinski definition) is 2. The highest BCUT2D eigenvalue weighted by Gasteiger charge is 2.37. The van der Waals surface area contributed by atoms with Gasteiger partial charge in [0, 0.05) is 55.4 Å². The number of fused-ring (bicyclic) bond motifs is 1. The van der Waals surface area contributed by atoms with Gasteiger partial charge in [-0.1, -0.05) is 53.7 Å². The molecular weight excluding hydrogens is 538 g/mol. The summed E-state index contributed by atoms with van der Waals surface area (Å²) in [4.78, 5) is 18.0. The van der Waals surface area contributed by atoms with Gasteiger partial charge in [0.05, 0.1) is 24.2 Å². The Morgan fingerprint density at radius 1 is 1.05 bits per heavy atom. The van der Waals surface area contributed by atoms with Crippen LogP contribution in [0.2, 0.25) is 0 Å². The second-order valence-corrected chi connectivity index (χ2v) is 11.9. The van der Waals surface area contributed by atoms with E-state index in [1.807, 2.05) is 64.3 Å². The van der Waals surface area contributed by atoms with Gasteiger partial charge in [-0.2, -0.15) is 0 Å². The molecule has 1 aliphatic heterocycles. The summed E-state index contributed by atoms with van der Waals surface area (Å²) < 4.78 is 11.9. The van der Waals surface area contributed by atoms with Gasteiger partial charge in [-0.25, -0.2) is 0 Å². The van der Waals surface area contributed by atoms with Crippen molar-refractivity contribution in [3.8, 4) is 0 Å². The van der Waals surface area contributed by atoms with Crippen LogP contribution in [0.5, 0.6) is 0 Å². The van der Waals surface area contributed by atoms with E-state index in [9.17, 15) is 4.79 Å². The molecule has 8 nitrogen and oxygen atoms in total. The summed E-state index contributed by atoms with van der Waals surface area (Å²) in [6.07, 6.45) is 0.247. The van der Waals surface area contributed by atoms with Crippen LogP contribution in [0.25, 0.3) is 11.0 Å². The van der Waals surface area contributed by atoms with Crippen molar-refractivity contribution in [2.45, 2.75) is 45.3 Å². The molecule has 8 heteroatoms. The molecule has 6 rings (SSSR count). The Bertz CT molecular complexity index is 1730. The van der Waals surface area contributed by atoms with E-state index in [4.69, 9.17) is 14.7 Å². The standard InChI is InChI=1S/C35H39N5O3/c1-21-11-13-28(29(15-21)39(4)5)34(25-9-7-6-8-10-25)37-32(41)17-24-12-14-30-26(16-24)18-31(42-30)35(40-19-27(36)20-40)33-22(2)38-43-23(33)3/h6-16,18,27,34-35H,17,19-20,36H2,1-5H3,(H,37,41). The molecule has 1 saturated heterocycles. The summed E-state index contributed by atoms with van der Waals surface area (Å²) in [6, 6.07) is 24.3. The zero-order chi connectivity index (χ0) is 30.2. The molecule has 3 heterocycles. The molecule has 1 fully saturated rings. The van der Waals surface area contributed by atoms with E-state index in [0.717, 1.165) is 69.2 Å². The number of nitrogens with zero attached hydrogens (tertiary/aromatic N) is 3. The van der Waals surface area contributed by atoms with Crippen LogP contribution in [-0.2, 0) is 11.2 Å². The highest BCUT2D eigenvalue weighted by Crippen LogP contribution is 2.38. The highest BCUT2D eigenvalue weighted by molar-refractivity contribution is 5.84. The fourth-order valence-electron chi connectivity index (χ4n) is 6.17. The highest BCUT2D eigenvalue weighted by atomic mass is 16.5. The van der Waals surface area contributed by atoms with Crippen molar-refractivity contribution < 1.29 is 13.7 Å². The van der Waals surface area contributed by atoms with Gasteiger partial charge in [0.15, 0.2) is 0 Å². The number of carbonyl (C=O) groups is 1. The van der Waals surface area contributed by atoms with Gasteiger partial charge in [0.2, 0.25) is 5.91 Å². The zero-order valence-corrected chi connectivity index (χ0v) is 25.4. The minimum absolute atomic E-state index is 0.0506. The number of nitrogens with two attached hydrogens (primary N) is 1. The maximum Gasteiger partial charge on any atom is 0.225 e. The van der Waals surface area contributed by atoms with Crippen molar-refractivity contribution in [3.63, 3.8) is 0 Å². The minimum atomic E-state index is -0.283. The Balaban J connectivity index is 1.27. The van der Waals surface area contributed by atoms with E-state index in [2.05, 4.69) is 63.6 Å². The lowest BCUT2D eigenvalue weighted by molar-refractivity contribution is -0.120. The quantitative estimate of drug-likeness (QED) is 0.235. The van der Waals surface area contributed by atoms with Crippen molar-refractivity contribution in [2.75, 3.05) is 32.1 Å². The van der Waals surface area contributed by atoms with E-state index in [1.54, 1.807) is 0 Å². The number of hydrogen-bond acceptors (Lipinski definition) is 7. The molecule has 0 spiro atoms. The molecular formula is C35H39N5O3. The van der Waals surface area contributed by atoms with Crippen LogP contribution in [-0.4, -0.2) is 49.2 Å². The Labute approximate surface area is 252 Å². The molecule has 2 atom stereocenters. The Morgan fingerprint density at radius 2 is 1.81 bits per heavy atom. The van der Waals surface area contributed by atoms with Crippen LogP contribution in [0, 0.1) is 20.8 Å². The first-order valence-corrected chi connectivity index (χ1v) is 14.7. The lowest BCUT2D eigenvalue weighted by Crippen LogP contribution is -2.56. The van der Waals surface area contributed by atoms with E-state index in [1.165, 1.54) is 5.56 Å². The molecule has 2 unspecified atom stereocenters. The van der Waals surface area contributed by atoms with Crippen LogP contribution < -0.4 is 16.0 Å². The normalized spacial score (nSPS) is 15.3. The number of anilines is 1. The zero-order valence-electron chi connectivity index (χ0n) is 25.4. The molecule has 0 bridgehead atoms. The van der Waals surface area contributed by atoms with Crippen LogP contribution in [0.4, 0.5) is 5.69 Å². The molecule has 0 aliphatic carbocycles. The average Bonchev–Trinajstić information content (AvgIpc) is 3.54. The summed E-state index contributed by atoms with van der Waals surface area (Å²) in [5, 5.41) is 8.47. The first-order valence-electron chi connectivity index (χ1n) is 14.7. The van der Waals surface area contributed by atoms with Crippen molar-refractivity contribution in [2.24, 2.45) is 5.73 Å². The van der Waals surface area contributed by atoms with Gasteiger partial charge in [-0.15, -0.1) is 0 Å². The molecule has 1 amide bonds. The number of benzene rings is 3. The predicted molar refractivity (Wildman–Crippen MR) is 169 cm³/mol. The van der Waals surface area contributed by atoms with E-state index < -0.39 is 0 Å². The van der Waals surface area contributed by atoms with Crippen LogP contribution in [0.1, 0.15) is 57.1 Å². The third-order valence-corrected chi connectivity index (χ3v) is 8.32. The molecule has 0 saturated carbocycles. The summed E-state index contributed by atoms with van der Waals surface area (Å²) >= 11 is 0. The van der Waals surface area contributed by atoms with Gasteiger partial charge in [-0.05, 0) is 61.7 Å². The van der Waals surface area contributed by atoms with Gasteiger partial charge in [-0.3, -0.25) is 9.69 Å². The second kappa shape index (κ2) is 11.7. The maximum atomic E-state index is 13.6. The number of nitrogens with one attached hydrogen (secondary N) is 1. The SMILES string of the molecule is Cc1ccc(C(NC(=O)Cc2ccc3oc(C(c4c(C)noc4C)N4CC(N)C4)cc3c2)c2ccccc2)c(N(C)C)c1. The number of aromatic nitrogens is 1. The molecule has 3 N–H and O–H groups in total. The molecule has 3 aromatic carbocycles. The number of carbonyl (C=O) groups excluding carboxylic acids is 1. The van der Waals surface area contributed by atoms with Crippen molar-refractivity contribution >= 4 is 22.6 Å². The lowest BCUT2D eigenvalue weighted by atomic mass is 9.95.